The number of fused-ring (bicyclic) bond motifs is 3. The van der Waals surface area contributed by atoms with Crippen LogP contribution in [0, 0.1) is 12.7 Å². The fourth-order valence-electron chi connectivity index (χ4n) is 3.75. The zero-order valence-corrected chi connectivity index (χ0v) is 16.4. The maximum absolute atomic E-state index is 14.6. The van der Waals surface area contributed by atoms with Gasteiger partial charge < -0.3 is 20.1 Å². The SMILES string of the molecule is Cc1cccc(CN2N=Cc3c(n(C)c4cc(CNCCO)c(F)cc34)C2O)n1. The van der Waals surface area contributed by atoms with E-state index in [4.69, 9.17) is 5.11 Å². The van der Waals surface area contributed by atoms with Gasteiger partial charge in [-0.25, -0.2) is 4.39 Å². The maximum atomic E-state index is 14.6. The van der Waals surface area contributed by atoms with Crippen molar-refractivity contribution in [3.63, 3.8) is 0 Å². The maximum Gasteiger partial charge on any atom is 0.184 e. The second-order valence-electron chi connectivity index (χ2n) is 7.21. The van der Waals surface area contributed by atoms with E-state index in [9.17, 15) is 9.50 Å². The highest BCUT2D eigenvalue weighted by molar-refractivity contribution is 6.02. The van der Waals surface area contributed by atoms with Gasteiger partial charge in [0.15, 0.2) is 6.23 Å². The van der Waals surface area contributed by atoms with E-state index in [1.54, 1.807) is 17.3 Å². The van der Waals surface area contributed by atoms with Crippen LogP contribution in [0.5, 0.6) is 0 Å². The Hall–Kier alpha value is -2.81. The predicted molar refractivity (Wildman–Crippen MR) is 109 cm³/mol. The van der Waals surface area contributed by atoms with E-state index in [1.807, 2.05) is 36.7 Å². The molecule has 0 amide bonds. The van der Waals surface area contributed by atoms with Gasteiger partial charge in [-0.3, -0.25) is 9.99 Å². The van der Waals surface area contributed by atoms with Crippen LogP contribution in [0.3, 0.4) is 0 Å². The lowest BCUT2D eigenvalue weighted by molar-refractivity contribution is -0.0107. The molecule has 1 unspecified atom stereocenters. The number of benzene rings is 1. The number of halogens is 1. The fourth-order valence-corrected chi connectivity index (χ4v) is 3.75. The predicted octanol–water partition coefficient (Wildman–Crippen LogP) is 1.94. The van der Waals surface area contributed by atoms with Gasteiger partial charge in [-0.2, -0.15) is 5.10 Å². The van der Waals surface area contributed by atoms with E-state index >= 15 is 0 Å². The Morgan fingerprint density at radius 3 is 2.86 bits per heavy atom. The van der Waals surface area contributed by atoms with E-state index in [2.05, 4.69) is 15.4 Å². The molecule has 1 aliphatic rings. The molecule has 8 heteroatoms. The smallest absolute Gasteiger partial charge is 0.184 e. The normalized spacial score (nSPS) is 15.9. The second kappa shape index (κ2) is 7.90. The van der Waals surface area contributed by atoms with Crippen molar-refractivity contribution >= 4 is 17.1 Å². The molecule has 152 valence electrons. The first-order valence-electron chi connectivity index (χ1n) is 9.53. The van der Waals surface area contributed by atoms with Crippen molar-refractivity contribution in [1.82, 2.24) is 19.9 Å². The van der Waals surface area contributed by atoms with Crippen LogP contribution in [-0.2, 0) is 20.1 Å². The van der Waals surface area contributed by atoms with Crippen LogP contribution in [0.1, 0.15) is 34.4 Å². The molecular formula is C21H24FN5O2. The number of hydrogen-bond donors (Lipinski definition) is 3. The Bertz CT molecular complexity index is 1080. The van der Waals surface area contributed by atoms with Crippen molar-refractivity contribution in [2.24, 2.45) is 12.1 Å². The molecule has 0 fully saturated rings. The lowest BCUT2D eigenvalue weighted by atomic mass is 10.1. The molecule has 0 radical (unpaired) electrons. The van der Waals surface area contributed by atoms with E-state index in [0.717, 1.165) is 22.5 Å². The molecule has 3 heterocycles. The zero-order valence-electron chi connectivity index (χ0n) is 16.4. The number of nitrogens with zero attached hydrogens (tertiary/aromatic N) is 4. The summed E-state index contributed by atoms with van der Waals surface area (Å²) in [4.78, 5) is 4.47. The molecule has 2 aromatic heterocycles. The molecule has 0 spiro atoms. The summed E-state index contributed by atoms with van der Waals surface area (Å²) < 4.78 is 16.5. The minimum absolute atomic E-state index is 0.00337. The van der Waals surface area contributed by atoms with E-state index in [1.165, 1.54) is 6.07 Å². The lowest BCUT2D eigenvalue weighted by Gasteiger charge is -2.28. The molecule has 29 heavy (non-hydrogen) atoms. The van der Waals surface area contributed by atoms with Gasteiger partial charge in [-0.1, -0.05) is 6.07 Å². The summed E-state index contributed by atoms with van der Waals surface area (Å²) in [5.74, 6) is -0.328. The highest BCUT2D eigenvalue weighted by atomic mass is 19.1. The minimum atomic E-state index is -0.964. The summed E-state index contributed by atoms with van der Waals surface area (Å²) >= 11 is 0. The topological polar surface area (TPSA) is 85.9 Å². The minimum Gasteiger partial charge on any atom is -0.395 e. The standard InChI is InChI=1S/C21H24FN5O2/c1-13-4-3-5-15(25-13)12-27-21(29)20-17(11-24-27)16-9-18(22)14(10-23-6-7-28)8-19(16)26(20)2/h3-5,8-9,11,21,23,28-29H,6-7,10,12H2,1-2H3. The molecule has 7 nitrogen and oxygen atoms in total. The molecule has 4 rings (SSSR count). The molecule has 3 N–H and O–H groups in total. The third-order valence-corrected chi connectivity index (χ3v) is 5.19. The number of hydrogen-bond acceptors (Lipinski definition) is 6. The van der Waals surface area contributed by atoms with Crippen LogP contribution < -0.4 is 5.32 Å². The zero-order chi connectivity index (χ0) is 20.5. The first-order chi connectivity index (χ1) is 14.0. The number of aromatic nitrogens is 2. The second-order valence-corrected chi connectivity index (χ2v) is 7.21. The van der Waals surface area contributed by atoms with Crippen LogP contribution in [0.4, 0.5) is 4.39 Å². The van der Waals surface area contributed by atoms with Crippen LogP contribution >= 0.6 is 0 Å². The summed E-state index contributed by atoms with van der Waals surface area (Å²) in [6.45, 7) is 3.00. The van der Waals surface area contributed by atoms with Gasteiger partial charge in [0.1, 0.15) is 5.82 Å². The van der Waals surface area contributed by atoms with Crippen molar-refractivity contribution < 1.29 is 14.6 Å². The molecule has 0 saturated heterocycles. The molecule has 0 bridgehead atoms. The molecule has 3 aromatic rings. The molecule has 0 aliphatic carbocycles. The number of rotatable bonds is 6. The summed E-state index contributed by atoms with van der Waals surface area (Å²) in [6.07, 6.45) is 0.706. The number of aliphatic hydroxyl groups excluding tert-OH is 2. The van der Waals surface area contributed by atoms with Gasteiger partial charge in [-0.05, 0) is 31.2 Å². The molecule has 1 atom stereocenters. The van der Waals surface area contributed by atoms with Crippen LogP contribution in [0.25, 0.3) is 10.9 Å². The number of hydrazone groups is 1. The first-order valence-corrected chi connectivity index (χ1v) is 9.53. The third kappa shape index (κ3) is 3.62. The summed E-state index contributed by atoms with van der Waals surface area (Å²) in [7, 11) is 1.86. The molecular weight excluding hydrogens is 373 g/mol. The Kier molecular flexibility index (Phi) is 5.31. The number of nitrogens with one attached hydrogen (secondary N) is 1. The average molecular weight is 397 g/mol. The van der Waals surface area contributed by atoms with Gasteiger partial charge >= 0.3 is 0 Å². The Labute approximate surface area is 168 Å². The van der Waals surface area contributed by atoms with Gasteiger partial charge in [0, 0.05) is 47.9 Å². The Morgan fingerprint density at radius 1 is 1.28 bits per heavy atom. The van der Waals surface area contributed by atoms with Crippen LogP contribution in [0.15, 0.2) is 35.4 Å². The van der Waals surface area contributed by atoms with Crippen LogP contribution in [-0.4, -0.2) is 44.1 Å². The number of pyridine rings is 1. The third-order valence-electron chi connectivity index (χ3n) is 5.19. The highest BCUT2D eigenvalue weighted by Gasteiger charge is 2.29. The largest absolute Gasteiger partial charge is 0.395 e. The van der Waals surface area contributed by atoms with Crippen molar-refractivity contribution in [2.75, 3.05) is 13.2 Å². The van der Waals surface area contributed by atoms with Crippen molar-refractivity contribution in [3.05, 3.63) is 64.4 Å². The van der Waals surface area contributed by atoms with Gasteiger partial charge in [0.05, 0.1) is 30.8 Å². The van der Waals surface area contributed by atoms with Gasteiger partial charge in [-0.15, -0.1) is 0 Å². The Morgan fingerprint density at radius 2 is 2.10 bits per heavy atom. The summed E-state index contributed by atoms with van der Waals surface area (Å²) in [6, 6.07) is 9.01. The van der Waals surface area contributed by atoms with E-state index in [0.29, 0.717) is 36.3 Å². The summed E-state index contributed by atoms with van der Waals surface area (Å²) in [5, 5.41) is 29.6. The number of aliphatic hydroxyl groups is 2. The monoisotopic (exact) mass is 397 g/mol. The lowest BCUT2D eigenvalue weighted by Crippen LogP contribution is -2.29. The molecule has 1 aromatic carbocycles. The van der Waals surface area contributed by atoms with Crippen molar-refractivity contribution in [3.8, 4) is 0 Å². The van der Waals surface area contributed by atoms with Crippen molar-refractivity contribution in [2.45, 2.75) is 26.2 Å². The van der Waals surface area contributed by atoms with Gasteiger partial charge in [0.25, 0.3) is 0 Å². The quantitative estimate of drug-likeness (QED) is 0.554. The van der Waals surface area contributed by atoms with Gasteiger partial charge in [0.2, 0.25) is 0 Å². The molecule has 1 aliphatic heterocycles. The van der Waals surface area contributed by atoms with Crippen molar-refractivity contribution in [1.29, 1.82) is 0 Å². The fraction of sp³-hybridized carbons (Fsp3) is 0.333. The van der Waals surface area contributed by atoms with Crippen LogP contribution in [0.2, 0.25) is 0 Å². The Balaban J connectivity index is 1.68. The highest BCUT2D eigenvalue weighted by Crippen LogP contribution is 2.35. The average Bonchev–Trinajstić information content (AvgIpc) is 2.96. The number of aryl methyl sites for hydroxylation is 2. The van der Waals surface area contributed by atoms with E-state index < -0.39 is 6.23 Å². The molecule has 0 saturated carbocycles. The van der Waals surface area contributed by atoms with E-state index in [-0.39, 0.29) is 12.4 Å². The first kappa shape index (κ1) is 19.5. The summed E-state index contributed by atoms with van der Waals surface area (Å²) in [5.41, 5.74) is 4.43.